The number of phenols is 1. The monoisotopic (exact) mass is 338 g/mol. The number of amides is 1. The number of non-ortho nitro benzene ring substituents is 1. The lowest BCUT2D eigenvalue weighted by Gasteiger charge is -2.08. The molecule has 1 amide bonds. The number of para-hydroxylation sites is 1. The second-order valence-electron chi connectivity index (χ2n) is 5.30. The maximum atomic E-state index is 12.5. The van der Waals surface area contributed by atoms with Gasteiger partial charge >= 0.3 is 0 Å². The molecule has 0 radical (unpaired) electrons. The van der Waals surface area contributed by atoms with Crippen molar-refractivity contribution in [3.05, 3.63) is 76.1 Å². The molecule has 0 aliphatic rings. The minimum atomic E-state index is -0.603. The molecule has 25 heavy (non-hydrogen) atoms. The number of carbonyl (C=O) groups is 1. The van der Waals surface area contributed by atoms with Crippen LogP contribution >= 0.6 is 0 Å². The molecule has 0 saturated heterocycles. The van der Waals surface area contributed by atoms with Gasteiger partial charge in [-0.05, 0) is 25.1 Å². The van der Waals surface area contributed by atoms with Crippen molar-refractivity contribution < 1.29 is 14.8 Å². The third kappa shape index (κ3) is 3.18. The fourth-order valence-corrected chi connectivity index (χ4v) is 2.39. The van der Waals surface area contributed by atoms with Crippen LogP contribution < -0.4 is 5.32 Å². The summed E-state index contributed by atoms with van der Waals surface area (Å²) in [5, 5.41) is 27.3. The molecule has 0 aliphatic heterocycles. The zero-order chi connectivity index (χ0) is 18.0. The Morgan fingerprint density at radius 1 is 1.24 bits per heavy atom. The molecule has 3 rings (SSSR count). The second-order valence-corrected chi connectivity index (χ2v) is 5.30. The van der Waals surface area contributed by atoms with Crippen LogP contribution in [0.2, 0.25) is 0 Å². The van der Waals surface area contributed by atoms with E-state index in [0.29, 0.717) is 11.3 Å². The van der Waals surface area contributed by atoms with Crippen LogP contribution in [-0.4, -0.2) is 25.7 Å². The number of anilines is 1. The number of hydrogen-bond donors (Lipinski definition) is 2. The summed E-state index contributed by atoms with van der Waals surface area (Å²) in [6, 6.07) is 12.7. The van der Waals surface area contributed by atoms with Gasteiger partial charge in [0.25, 0.3) is 11.6 Å². The van der Waals surface area contributed by atoms with Crippen LogP contribution in [0.5, 0.6) is 5.75 Å². The van der Waals surface area contributed by atoms with Gasteiger partial charge in [0.05, 0.1) is 33.8 Å². The Labute approximate surface area is 142 Å². The minimum absolute atomic E-state index is 0.0361. The quantitative estimate of drug-likeness (QED) is 0.431. The number of phenolic OH excluding ortho intramolecular Hbond substituents is 1. The van der Waals surface area contributed by atoms with Gasteiger partial charge in [-0.25, -0.2) is 4.68 Å². The Hall–Kier alpha value is -3.68. The van der Waals surface area contributed by atoms with Gasteiger partial charge in [0, 0.05) is 12.1 Å². The van der Waals surface area contributed by atoms with E-state index in [0.717, 1.165) is 23.9 Å². The van der Waals surface area contributed by atoms with Crippen LogP contribution in [0, 0.1) is 17.0 Å². The van der Waals surface area contributed by atoms with E-state index in [1.54, 1.807) is 11.6 Å². The normalized spacial score (nSPS) is 10.4. The first kappa shape index (κ1) is 16.2. The smallest absolute Gasteiger partial charge is 0.271 e. The molecule has 0 atom stereocenters. The lowest BCUT2D eigenvalue weighted by molar-refractivity contribution is -0.384. The van der Waals surface area contributed by atoms with Crippen LogP contribution in [-0.2, 0) is 0 Å². The van der Waals surface area contributed by atoms with Gasteiger partial charge < -0.3 is 10.4 Å². The number of nitro groups is 1. The Morgan fingerprint density at radius 3 is 2.64 bits per heavy atom. The number of benzene rings is 2. The molecule has 0 bridgehead atoms. The van der Waals surface area contributed by atoms with Gasteiger partial charge in [-0.3, -0.25) is 14.9 Å². The number of rotatable bonds is 4. The van der Waals surface area contributed by atoms with Crippen LogP contribution in [0.3, 0.4) is 0 Å². The molecular weight excluding hydrogens is 324 g/mol. The second kappa shape index (κ2) is 6.44. The Bertz CT molecular complexity index is 951. The van der Waals surface area contributed by atoms with Gasteiger partial charge in [0.2, 0.25) is 0 Å². The summed E-state index contributed by atoms with van der Waals surface area (Å²) < 4.78 is 1.61. The molecule has 0 aliphatic carbocycles. The number of aromatic hydroxyl groups is 1. The zero-order valence-corrected chi connectivity index (χ0v) is 13.2. The zero-order valence-electron chi connectivity index (χ0n) is 13.2. The molecular formula is C17H14N4O4. The molecule has 8 heteroatoms. The molecule has 0 spiro atoms. The molecule has 8 nitrogen and oxygen atoms in total. The average Bonchev–Trinajstić information content (AvgIpc) is 2.99. The topological polar surface area (TPSA) is 110 Å². The first-order valence-electron chi connectivity index (χ1n) is 7.36. The highest BCUT2D eigenvalue weighted by molar-refractivity contribution is 6.05. The summed E-state index contributed by atoms with van der Waals surface area (Å²) in [6.45, 7) is 1.74. The summed E-state index contributed by atoms with van der Waals surface area (Å²) in [5.41, 5.74) is 1.44. The molecule has 0 fully saturated rings. The van der Waals surface area contributed by atoms with Crippen LogP contribution in [0.15, 0.2) is 54.7 Å². The SMILES string of the molecule is Cc1c(C(=O)Nc2cc([N+](=O)[O-])ccc2O)cnn1-c1ccccc1. The fraction of sp³-hybridized carbons (Fsp3) is 0.0588. The predicted octanol–water partition coefficient (Wildman–Crippen LogP) is 3.05. The summed E-state index contributed by atoms with van der Waals surface area (Å²) in [4.78, 5) is 22.7. The van der Waals surface area contributed by atoms with Gasteiger partial charge in [0.15, 0.2) is 0 Å². The number of carbonyl (C=O) groups excluding carboxylic acids is 1. The number of hydrogen-bond acceptors (Lipinski definition) is 5. The van der Waals surface area contributed by atoms with Crippen molar-refractivity contribution in [3.8, 4) is 11.4 Å². The van der Waals surface area contributed by atoms with Gasteiger partial charge in [0.1, 0.15) is 5.75 Å². The lowest BCUT2D eigenvalue weighted by Crippen LogP contribution is -2.13. The van der Waals surface area contributed by atoms with Gasteiger partial charge in [-0.2, -0.15) is 5.10 Å². The number of nitrogens with one attached hydrogen (secondary N) is 1. The minimum Gasteiger partial charge on any atom is -0.506 e. The van der Waals surface area contributed by atoms with E-state index in [1.165, 1.54) is 6.20 Å². The van der Waals surface area contributed by atoms with E-state index >= 15 is 0 Å². The highest BCUT2D eigenvalue weighted by Crippen LogP contribution is 2.28. The first-order chi connectivity index (χ1) is 12.0. The lowest BCUT2D eigenvalue weighted by atomic mass is 10.2. The highest BCUT2D eigenvalue weighted by atomic mass is 16.6. The maximum Gasteiger partial charge on any atom is 0.271 e. The Morgan fingerprint density at radius 2 is 1.96 bits per heavy atom. The van der Waals surface area contributed by atoms with E-state index in [4.69, 9.17) is 0 Å². The summed E-state index contributed by atoms with van der Waals surface area (Å²) in [5.74, 6) is -0.775. The van der Waals surface area contributed by atoms with Crippen molar-refractivity contribution in [2.75, 3.05) is 5.32 Å². The largest absolute Gasteiger partial charge is 0.506 e. The molecule has 1 aromatic heterocycles. The van der Waals surface area contributed by atoms with E-state index in [1.807, 2.05) is 30.3 Å². The van der Waals surface area contributed by atoms with Crippen molar-refractivity contribution in [2.45, 2.75) is 6.92 Å². The first-order valence-corrected chi connectivity index (χ1v) is 7.36. The predicted molar refractivity (Wildman–Crippen MR) is 91.0 cm³/mol. The summed E-state index contributed by atoms with van der Waals surface area (Å²) >= 11 is 0. The van der Waals surface area contributed by atoms with Crippen molar-refractivity contribution in [3.63, 3.8) is 0 Å². The van der Waals surface area contributed by atoms with Gasteiger partial charge in [-0.1, -0.05) is 18.2 Å². The van der Waals surface area contributed by atoms with Crippen molar-refractivity contribution in [1.82, 2.24) is 9.78 Å². The molecule has 0 saturated carbocycles. The van der Waals surface area contributed by atoms with Crippen LogP contribution in [0.25, 0.3) is 5.69 Å². The van der Waals surface area contributed by atoms with Crippen LogP contribution in [0.1, 0.15) is 16.1 Å². The highest BCUT2D eigenvalue weighted by Gasteiger charge is 2.18. The Kier molecular flexibility index (Phi) is 4.17. The summed E-state index contributed by atoms with van der Waals surface area (Å²) in [6.07, 6.45) is 1.41. The molecule has 0 unspecified atom stereocenters. The third-order valence-corrected chi connectivity index (χ3v) is 3.69. The Balaban J connectivity index is 1.89. The molecule has 1 heterocycles. The fourth-order valence-electron chi connectivity index (χ4n) is 2.39. The van der Waals surface area contributed by atoms with E-state index in [2.05, 4.69) is 10.4 Å². The molecule has 126 valence electrons. The van der Waals surface area contributed by atoms with Crippen molar-refractivity contribution >= 4 is 17.3 Å². The number of nitro benzene ring substituents is 1. The van der Waals surface area contributed by atoms with Gasteiger partial charge in [-0.15, -0.1) is 0 Å². The molecule has 3 aromatic rings. The van der Waals surface area contributed by atoms with Crippen molar-refractivity contribution in [2.24, 2.45) is 0 Å². The van der Waals surface area contributed by atoms with E-state index in [9.17, 15) is 20.0 Å². The van der Waals surface area contributed by atoms with Crippen LogP contribution in [0.4, 0.5) is 11.4 Å². The van der Waals surface area contributed by atoms with E-state index < -0.39 is 10.8 Å². The van der Waals surface area contributed by atoms with Crippen molar-refractivity contribution in [1.29, 1.82) is 0 Å². The third-order valence-electron chi connectivity index (χ3n) is 3.69. The maximum absolute atomic E-state index is 12.5. The number of aromatic nitrogens is 2. The summed E-state index contributed by atoms with van der Waals surface area (Å²) in [7, 11) is 0. The average molecular weight is 338 g/mol. The van der Waals surface area contributed by atoms with E-state index in [-0.39, 0.29) is 17.1 Å². The molecule has 2 N–H and O–H groups in total. The number of nitrogens with zero attached hydrogens (tertiary/aromatic N) is 3. The standard InChI is InChI=1S/C17H14N4O4/c1-11-14(10-18-20(11)12-5-3-2-4-6-12)17(23)19-15-9-13(21(24)25)7-8-16(15)22/h2-10,22H,1H3,(H,19,23). The molecule has 2 aromatic carbocycles.